The second-order valence-electron chi connectivity index (χ2n) is 2.98. The van der Waals surface area contributed by atoms with Crippen LogP contribution in [0.5, 0.6) is 17.2 Å². The fraction of sp³-hybridized carbons (Fsp3) is 0.100. The van der Waals surface area contributed by atoms with Gasteiger partial charge in [0.05, 0.1) is 7.11 Å². The van der Waals surface area contributed by atoms with Crippen molar-refractivity contribution in [1.29, 1.82) is 0 Å². The standard InChI is InChI=1S/C10H8O5/c1-14-9-3-5-2-7(12)10(13)15-8(5)4-6(9)11/h2-4,11-12H,1H3. The second kappa shape index (κ2) is 3.20. The van der Waals surface area contributed by atoms with Gasteiger partial charge in [-0.2, -0.15) is 0 Å². The van der Waals surface area contributed by atoms with Crippen LogP contribution in [0, 0.1) is 0 Å². The van der Waals surface area contributed by atoms with Gasteiger partial charge in [0, 0.05) is 11.5 Å². The highest BCUT2D eigenvalue weighted by molar-refractivity contribution is 5.81. The monoisotopic (exact) mass is 208 g/mol. The first-order valence-electron chi connectivity index (χ1n) is 4.15. The van der Waals surface area contributed by atoms with Gasteiger partial charge in [0.1, 0.15) is 5.58 Å². The van der Waals surface area contributed by atoms with Crippen molar-refractivity contribution in [1.82, 2.24) is 0 Å². The molecule has 1 aromatic heterocycles. The summed E-state index contributed by atoms with van der Waals surface area (Å²) in [5.74, 6) is -0.357. The van der Waals surface area contributed by atoms with Crippen molar-refractivity contribution in [2.45, 2.75) is 0 Å². The van der Waals surface area contributed by atoms with Crippen molar-refractivity contribution in [2.75, 3.05) is 7.11 Å². The lowest BCUT2D eigenvalue weighted by Crippen LogP contribution is -1.97. The molecule has 0 aliphatic heterocycles. The van der Waals surface area contributed by atoms with E-state index in [-0.39, 0.29) is 17.1 Å². The van der Waals surface area contributed by atoms with Gasteiger partial charge in [0.2, 0.25) is 5.75 Å². The maximum atomic E-state index is 11.0. The van der Waals surface area contributed by atoms with Crippen LogP contribution in [0.2, 0.25) is 0 Å². The van der Waals surface area contributed by atoms with Crippen LogP contribution in [-0.2, 0) is 0 Å². The van der Waals surface area contributed by atoms with E-state index in [2.05, 4.69) is 0 Å². The lowest BCUT2D eigenvalue weighted by molar-refractivity contribution is 0.373. The minimum Gasteiger partial charge on any atom is -0.504 e. The second-order valence-corrected chi connectivity index (χ2v) is 2.98. The number of hydrogen-bond acceptors (Lipinski definition) is 5. The van der Waals surface area contributed by atoms with Gasteiger partial charge >= 0.3 is 5.63 Å². The van der Waals surface area contributed by atoms with Crippen LogP contribution in [0.3, 0.4) is 0 Å². The summed E-state index contributed by atoms with van der Waals surface area (Å²) < 4.78 is 9.62. The predicted octanol–water partition coefficient (Wildman–Crippen LogP) is 1.21. The molecule has 1 heterocycles. The third-order valence-electron chi connectivity index (χ3n) is 2.02. The molecule has 0 atom stereocenters. The normalized spacial score (nSPS) is 10.5. The van der Waals surface area contributed by atoms with Crippen LogP contribution in [0.25, 0.3) is 11.0 Å². The quantitative estimate of drug-likeness (QED) is 0.688. The van der Waals surface area contributed by atoms with E-state index in [0.717, 1.165) is 0 Å². The van der Waals surface area contributed by atoms with Crippen molar-refractivity contribution in [2.24, 2.45) is 0 Å². The number of phenolic OH excluding ortho intramolecular Hbond substituents is 1. The summed E-state index contributed by atoms with van der Waals surface area (Å²) in [6.45, 7) is 0. The Balaban J connectivity index is 2.82. The van der Waals surface area contributed by atoms with Crippen LogP contribution in [0.4, 0.5) is 0 Å². The largest absolute Gasteiger partial charge is 0.504 e. The van der Waals surface area contributed by atoms with E-state index < -0.39 is 11.4 Å². The first-order chi connectivity index (χ1) is 7.11. The SMILES string of the molecule is COc1cc2cc(O)c(=O)oc2cc1O. The molecule has 0 spiro atoms. The van der Waals surface area contributed by atoms with Gasteiger partial charge in [-0.15, -0.1) is 0 Å². The van der Waals surface area contributed by atoms with Gasteiger partial charge in [-0.3, -0.25) is 0 Å². The van der Waals surface area contributed by atoms with Crippen molar-refractivity contribution in [3.8, 4) is 17.2 Å². The number of ether oxygens (including phenoxy) is 1. The molecule has 0 saturated carbocycles. The Labute approximate surface area is 84.1 Å². The summed E-state index contributed by atoms with van der Waals surface area (Å²) in [5.41, 5.74) is -0.650. The molecule has 0 saturated heterocycles. The summed E-state index contributed by atoms with van der Waals surface area (Å²) in [7, 11) is 1.40. The molecular weight excluding hydrogens is 200 g/mol. The molecule has 0 aliphatic rings. The topological polar surface area (TPSA) is 79.9 Å². The zero-order valence-electron chi connectivity index (χ0n) is 7.85. The molecule has 0 aliphatic carbocycles. The van der Waals surface area contributed by atoms with Crippen LogP contribution in [0.1, 0.15) is 0 Å². The smallest absolute Gasteiger partial charge is 0.378 e. The lowest BCUT2D eigenvalue weighted by atomic mass is 10.2. The Morgan fingerprint density at radius 3 is 2.60 bits per heavy atom. The minimum absolute atomic E-state index is 0.126. The highest BCUT2D eigenvalue weighted by Crippen LogP contribution is 2.31. The van der Waals surface area contributed by atoms with Crippen LogP contribution in [0.15, 0.2) is 27.4 Å². The highest BCUT2D eigenvalue weighted by atomic mass is 16.5. The summed E-state index contributed by atoms with van der Waals surface area (Å²) in [4.78, 5) is 11.0. The average Bonchev–Trinajstić information content (AvgIpc) is 2.20. The van der Waals surface area contributed by atoms with Gasteiger partial charge in [0.15, 0.2) is 11.5 Å². The third-order valence-corrected chi connectivity index (χ3v) is 2.02. The van der Waals surface area contributed by atoms with Gasteiger partial charge in [0.25, 0.3) is 0 Å². The molecule has 15 heavy (non-hydrogen) atoms. The molecule has 5 nitrogen and oxygen atoms in total. The Kier molecular flexibility index (Phi) is 2.00. The molecule has 5 heteroatoms. The van der Waals surface area contributed by atoms with Crippen LogP contribution >= 0.6 is 0 Å². The summed E-state index contributed by atoms with van der Waals surface area (Å²) in [5, 5.41) is 19.0. The Morgan fingerprint density at radius 2 is 1.93 bits per heavy atom. The molecule has 2 aromatic rings. The van der Waals surface area contributed by atoms with E-state index in [1.807, 2.05) is 0 Å². The zero-order chi connectivity index (χ0) is 11.0. The van der Waals surface area contributed by atoms with Gasteiger partial charge in [-0.1, -0.05) is 0 Å². The molecule has 1 aromatic carbocycles. The molecule has 0 unspecified atom stereocenters. The number of rotatable bonds is 1. The average molecular weight is 208 g/mol. The Hall–Kier alpha value is -2.17. The molecule has 2 rings (SSSR count). The summed E-state index contributed by atoms with van der Waals surface area (Å²) in [6.07, 6.45) is 0. The van der Waals surface area contributed by atoms with Gasteiger partial charge < -0.3 is 19.4 Å². The van der Waals surface area contributed by atoms with Gasteiger partial charge in [-0.05, 0) is 12.1 Å². The number of aromatic hydroxyl groups is 2. The van der Waals surface area contributed by atoms with E-state index in [9.17, 15) is 9.90 Å². The maximum absolute atomic E-state index is 11.0. The highest BCUT2D eigenvalue weighted by Gasteiger charge is 2.08. The molecule has 0 fully saturated rings. The third kappa shape index (κ3) is 1.48. The van der Waals surface area contributed by atoms with Crippen molar-refractivity contribution < 1.29 is 19.4 Å². The number of phenols is 1. The molecule has 0 radical (unpaired) electrons. The fourth-order valence-electron chi connectivity index (χ4n) is 1.29. The number of benzene rings is 1. The van der Waals surface area contributed by atoms with Crippen molar-refractivity contribution in [3.63, 3.8) is 0 Å². The van der Waals surface area contributed by atoms with Crippen molar-refractivity contribution in [3.05, 3.63) is 28.6 Å². The Morgan fingerprint density at radius 1 is 1.20 bits per heavy atom. The molecule has 0 amide bonds. The first kappa shape index (κ1) is 9.39. The number of hydrogen-bond donors (Lipinski definition) is 2. The molecule has 2 N–H and O–H groups in total. The zero-order valence-corrected chi connectivity index (χ0v) is 7.85. The van der Waals surface area contributed by atoms with E-state index in [0.29, 0.717) is 5.39 Å². The van der Waals surface area contributed by atoms with Gasteiger partial charge in [-0.25, -0.2) is 4.79 Å². The maximum Gasteiger partial charge on any atom is 0.378 e. The Bertz CT molecular complexity index is 570. The van der Waals surface area contributed by atoms with E-state index in [1.54, 1.807) is 0 Å². The number of methoxy groups -OCH3 is 1. The minimum atomic E-state index is -0.841. The van der Waals surface area contributed by atoms with E-state index in [1.165, 1.54) is 25.3 Å². The van der Waals surface area contributed by atoms with Crippen LogP contribution < -0.4 is 10.4 Å². The summed E-state index contributed by atoms with van der Waals surface area (Å²) >= 11 is 0. The van der Waals surface area contributed by atoms with E-state index >= 15 is 0 Å². The van der Waals surface area contributed by atoms with Crippen LogP contribution in [-0.4, -0.2) is 17.3 Å². The fourth-order valence-corrected chi connectivity index (χ4v) is 1.29. The molecular formula is C10H8O5. The first-order valence-corrected chi connectivity index (χ1v) is 4.15. The predicted molar refractivity (Wildman–Crippen MR) is 52.4 cm³/mol. The van der Waals surface area contributed by atoms with E-state index in [4.69, 9.17) is 14.3 Å². The molecule has 78 valence electrons. The summed E-state index contributed by atoms with van der Waals surface area (Å²) in [6, 6.07) is 3.98. The number of fused-ring (bicyclic) bond motifs is 1. The lowest BCUT2D eigenvalue weighted by Gasteiger charge is -2.04. The molecule has 0 bridgehead atoms. The van der Waals surface area contributed by atoms with Crippen molar-refractivity contribution >= 4 is 11.0 Å².